The fourth-order valence-electron chi connectivity index (χ4n) is 1.37. The van der Waals surface area contributed by atoms with Gasteiger partial charge in [-0.2, -0.15) is 0 Å². The molecule has 0 bridgehead atoms. The monoisotopic (exact) mass is 184 g/mol. The third kappa shape index (κ3) is 1.97. The minimum atomic E-state index is 0.743. The first-order valence-corrected chi connectivity index (χ1v) is 5.42. The molecule has 3 heteroatoms. The Balaban J connectivity index is 0.000000336. The summed E-state index contributed by atoms with van der Waals surface area (Å²) in [5.41, 5.74) is 6.82. The molecule has 1 aromatic rings. The van der Waals surface area contributed by atoms with E-state index in [0.717, 1.165) is 11.6 Å². The van der Waals surface area contributed by atoms with Crippen LogP contribution in [0.2, 0.25) is 0 Å². The van der Waals surface area contributed by atoms with Crippen LogP contribution in [0.3, 0.4) is 0 Å². The normalized spacial score (nSPS) is 14.5. The van der Waals surface area contributed by atoms with Crippen LogP contribution in [0, 0.1) is 0 Å². The van der Waals surface area contributed by atoms with Crippen LogP contribution in [0.25, 0.3) is 0 Å². The number of hydrogen-bond acceptors (Lipinski definition) is 3. The summed E-state index contributed by atoms with van der Waals surface area (Å²) in [7, 11) is 0. The van der Waals surface area contributed by atoms with Gasteiger partial charge in [0, 0.05) is 4.88 Å². The largest absolute Gasteiger partial charge is 0.375 e. The lowest BCUT2D eigenvalue weighted by Gasteiger charge is -2.06. The Bertz CT molecular complexity index is 219. The van der Waals surface area contributed by atoms with Crippen LogP contribution in [-0.4, -0.2) is 4.98 Å². The van der Waals surface area contributed by atoms with Crippen molar-refractivity contribution >= 4 is 16.5 Å². The number of anilines is 1. The van der Waals surface area contributed by atoms with Gasteiger partial charge in [-0.1, -0.05) is 13.8 Å². The van der Waals surface area contributed by atoms with Gasteiger partial charge in [0.1, 0.15) is 0 Å². The van der Waals surface area contributed by atoms with Gasteiger partial charge in [-0.15, -0.1) is 11.3 Å². The van der Waals surface area contributed by atoms with Crippen LogP contribution in [-0.2, 0) is 12.8 Å². The van der Waals surface area contributed by atoms with Crippen molar-refractivity contribution < 1.29 is 0 Å². The molecule has 0 radical (unpaired) electrons. The Labute approximate surface area is 77.8 Å². The Kier molecular flexibility index (Phi) is 3.53. The van der Waals surface area contributed by atoms with Crippen molar-refractivity contribution in [1.82, 2.24) is 4.98 Å². The van der Waals surface area contributed by atoms with Crippen molar-refractivity contribution in [2.45, 2.75) is 39.5 Å². The fourth-order valence-corrected chi connectivity index (χ4v) is 2.29. The summed E-state index contributed by atoms with van der Waals surface area (Å²) in [5.74, 6) is 0. The summed E-state index contributed by atoms with van der Waals surface area (Å²) in [6.45, 7) is 4.00. The van der Waals surface area contributed by atoms with E-state index in [4.69, 9.17) is 5.73 Å². The van der Waals surface area contributed by atoms with Crippen LogP contribution in [0.15, 0.2) is 0 Å². The van der Waals surface area contributed by atoms with Crippen molar-refractivity contribution in [1.29, 1.82) is 0 Å². The van der Waals surface area contributed by atoms with E-state index in [2.05, 4.69) is 4.98 Å². The molecule has 0 saturated carbocycles. The summed E-state index contributed by atoms with van der Waals surface area (Å²) >= 11 is 1.66. The number of hydrogen-bond donors (Lipinski definition) is 1. The molecular weight excluding hydrogens is 168 g/mol. The highest BCUT2D eigenvalue weighted by molar-refractivity contribution is 7.15. The van der Waals surface area contributed by atoms with E-state index in [1.165, 1.54) is 29.8 Å². The van der Waals surface area contributed by atoms with Gasteiger partial charge in [-0.3, -0.25) is 0 Å². The third-order valence-corrected chi connectivity index (χ3v) is 2.85. The zero-order chi connectivity index (χ0) is 8.97. The molecule has 0 spiro atoms. The van der Waals surface area contributed by atoms with Crippen LogP contribution >= 0.6 is 11.3 Å². The molecule has 0 amide bonds. The van der Waals surface area contributed by atoms with Gasteiger partial charge >= 0.3 is 0 Å². The Morgan fingerprint density at radius 3 is 2.58 bits per heavy atom. The summed E-state index contributed by atoms with van der Waals surface area (Å²) in [6.07, 6.45) is 4.94. The minimum Gasteiger partial charge on any atom is -0.375 e. The van der Waals surface area contributed by atoms with Gasteiger partial charge in [0.25, 0.3) is 0 Å². The fraction of sp³-hybridized carbons (Fsp3) is 0.667. The Morgan fingerprint density at radius 2 is 1.92 bits per heavy atom. The molecule has 1 heterocycles. The molecule has 2 N–H and O–H groups in total. The topological polar surface area (TPSA) is 38.9 Å². The molecule has 0 saturated heterocycles. The molecule has 1 aliphatic carbocycles. The van der Waals surface area contributed by atoms with E-state index >= 15 is 0 Å². The molecule has 0 unspecified atom stereocenters. The SMILES string of the molecule is CC.Nc1nc2c(s1)CCCC2. The smallest absolute Gasteiger partial charge is 0.180 e. The maximum Gasteiger partial charge on any atom is 0.180 e. The number of fused-ring (bicyclic) bond motifs is 1. The van der Waals surface area contributed by atoms with E-state index in [1.807, 2.05) is 13.8 Å². The molecule has 68 valence electrons. The van der Waals surface area contributed by atoms with Gasteiger partial charge in [0.15, 0.2) is 5.13 Å². The van der Waals surface area contributed by atoms with Crippen molar-refractivity contribution in [2.24, 2.45) is 0 Å². The highest BCUT2D eigenvalue weighted by Crippen LogP contribution is 2.27. The average molecular weight is 184 g/mol. The van der Waals surface area contributed by atoms with Gasteiger partial charge in [-0.25, -0.2) is 4.98 Å². The first-order chi connectivity index (χ1) is 5.86. The zero-order valence-corrected chi connectivity index (χ0v) is 8.58. The highest BCUT2D eigenvalue weighted by Gasteiger charge is 2.12. The van der Waals surface area contributed by atoms with Gasteiger partial charge < -0.3 is 5.73 Å². The van der Waals surface area contributed by atoms with E-state index in [-0.39, 0.29) is 0 Å². The number of nitrogens with two attached hydrogens (primary N) is 1. The molecule has 0 atom stereocenters. The molecule has 2 rings (SSSR count). The van der Waals surface area contributed by atoms with E-state index in [0.29, 0.717) is 0 Å². The van der Waals surface area contributed by atoms with Crippen LogP contribution in [0.1, 0.15) is 37.3 Å². The number of nitrogens with zero attached hydrogens (tertiary/aromatic N) is 1. The average Bonchev–Trinajstić information content (AvgIpc) is 2.48. The predicted molar refractivity (Wildman–Crippen MR) is 54.5 cm³/mol. The first kappa shape index (κ1) is 9.52. The minimum absolute atomic E-state index is 0.743. The molecule has 1 aliphatic rings. The molecule has 0 aromatic carbocycles. The van der Waals surface area contributed by atoms with Gasteiger partial charge in [-0.05, 0) is 25.7 Å². The molecule has 0 aliphatic heterocycles. The van der Waals surface area contributed by atoms with Crippen molar-refractivity contribution in [2.75, 3.05) is 5.73 Å². The summed E-state index contributed by atoms with van der Waals surface area (Å²) < 4.78 is 0. The maximum absolute atomic E-state index is 5.57. The molecule has 0 fully saturated rings. The number of aryl methyl sites for hydroxylation is 2. The summed E-state index contributed by atoms with van der Waals surface area (Å²) in [6, 6.07) is 0. The number of aromatic nitrogens is 1. The van der Waals surface area contributed by atoms with Gasteiger partial charge in [0.2, 0.25) is 0 Å². The molecule has 1 aromatic heterocycles. The zero-order valence-electron chi connectivity index (χ0n) is 7.76. The van der Waals surface area contributed by atoms with Gasteiger partial charge in [0.05, 0.1) is 5.69 Å². The number of rotatable bonds is 0. The summed E-state index contributed by atoms with van der Waals surface area (Å²) in [5, 5.41) is 0.743. The van der Waals surface area contributed by atoms with Crippen LogP contribution < -0.4 is 5.73 Å². The second-order valence-electron chi connectivity index (χ2n) is 2.63. The lowest BCUT2D eigenvalue weighted by atomic mass is 10.0. The van der Waals surface area contributed by atoms with E-state index in [1.54, 1.807) is 11.3 Å². The standard InChI is InChI=1S/C7H10N2S.C2H6/c8-7-9-5-3-1-2-4-6(5)10-7;1-2/h1-4H2,(H2,8,9);1-2H3. The third-order valence-electron chi connectivity index (χ3n) is 1.86. The maximum atomic E-state index is 5.57. The Morgan fingerprint density at radius 1 is 1.25 bits per heavy atom. The second-order valence-corrected chi connectivity index (χ2v) is 3.74. The van der Waals surface area contributed by atoms with E-state index in [9.17, 15) is 0 Å². The number of nitrogen functional groups attached to an aromatic ring is 1. The van der Waals surface area contributed by atoms with Crippen molar-refractivity contribution in [3.8, 4) is 0 Å². The molecular formula is C9H16N2S. The molecule has 2 nitrogen and oxygen atoms in total. The number of thiazole rings is 1. The lowest BCUT2D eigenvalue weighted by Crippen LogP contribution is -1.99. The quantitative estimate of drug-likeness (QED) is 0.673. The van der Waals surface area contributed by atoms with Crippen LogP contribution in [0.4, 0.5) is 5.13 Å². The Hall–Kier alpha value is -0.570. The van der Waals surface area contributed by atoms with Crippen molar-refractivity contribution in [3.63, 3.8) is 0 Å². The first-order valence-electron chi connectivity index (χ1n) is 4.60. The summed E-state index contributed by atoms with van der Waals surface area (Å²) in [4.78, 5) is 5.67. The van der Waals surface area contributed by atoms with E-state index < -0.39 is 0 Å². The van der Waals surface area contributed by atoms with Crippen LogP contribution in [0.5, 0.6) is 0 Å². The van der Waals surface area contributed by atoms with Crippen molar-refractivity contribution in [3.05, 3.63) is 10.6 Å². The molecule has 12 heavy (non-hydrogen) atoms. The predicted octanol–water partition coefficient (Wildman–Crippen LogP) is 2.63. The highest BCUT2D eigenvalue weighted by atomic mass is 32.1. The second kappa shape index (κ2) is 4.45. The lowest BCUT2D eigenvalue weighted by molar-refractivity contribution is 0.683.